The molecule has 0 radical (unpaired) electrons. The van der Waals surface area contributed by atoms with E-state index in [1.807, 2.05) is 0 Å². The van der Waals surface area contributed by atoms with Crippen LogP contribution in [0, 0.1) is 0 Å². The Hall–Kier alpha value is -2.02. The van der Waals surface area contributed by atoms with Crippen LogP contribution in [0.25, 0.3) is 17.2 Å². The van der Waals surface area contributed by atoms with Crippen LogP contribution in [0.3, 0.4) is 0 Å². The zero-order chi connectivity index (χ0) is 19.5. The molecule has 0 spiro atoms. The Morgan fingerprint density at radius 3 is 2.36 bits per heavy atom. The molecule has 1 unspecified atom stereocenters. The molecule has 0 saturated heterocycles. The van der Waals surface area contributed by atoms with E-state index >= 15 is 0 Å². The van der Waals surface area contributed by atoms with Crippen LogP contribution < -0.4 is 3.87 Å². The molecule has 3 aromatic rings. The van der Waals surface area contributed by atoms with Gasteiger partial charge in [0.1, 0.15) is 0 Å². The Labute approximate surface area is 169 Å². The van der Waals surface area contributed by atoms with Crippen molar-refractivity contribution in [3.63, 3.8) is 0 Å². The average Bonchev–Trinajstić information content (AvgIpc) is 3.30. The Kier molecular flexibility index (Phi) is 3.86. The molecule has 0 aromatic heterocycles. The molecule has 3 aromatic carbocycles. The minimum absolute atomic E-state index is 0.522. The number of benzene rings is 3. The number of hydrogen-bond donors (Lipinski definition) is 0. The predicted octanol–water partition coefficient (Wildman–Crippen LogP) is 6.65. The van der Waals surface area contributed by atoms with Gasteiger partial charge in [0.15, 0.2) is 0 Å². The van der Waals surface area contributed by atoms with Crippen LogP contribution in [0.15, 0.2) is 72.8 Å². The van der Waals surface area contributed by atoms with Crippen LogP contribution >= 0.6 is 0 Å². The summed E-state index contributed by atoms with van der Waals surface area (Å²) in [5, 5.41) is 5.31. The van der Waals surface area contributed by atoms with E-state index < -0.39 is 14.8 Å². The van der Waals surface area contributed by atoms with Gasteiger partial charge in [-0.15, -0.1) is 0 Å². The van der Waals surface area contributed by atoms with Gasteiger partial charge in [-0.2, -0.15) is 0 Å². The summed E-state index contributed by atoms with van der Waals surface area (Å²) in [6.07, 6.45) is 5.95. The van der Waals surface area contributed by atoms with Gasteiger partial charge < -0.3 is 0 Å². The van der Waals surface area contributed by atoms with E-state index in [0.29, 0.717) is 4.22 Å². The Bertz CT molecular complexity index is 1210. The third-order valence-electron chi connectivity index (χ3n) is 7.95. The summed E-state index contributed by atoms with van der Waals surface area (Å²) in [6, 6.07) is 25.1. The van der Waals surface area contributed by atoms with Crippen molar-refractivity contribution >= 4 is 13.8 Å². The van der Waals surface area contributed by atoms with Crippen LogP contribution in [0.1, 0.15) is 40.3 Å². The van der Waals surface area contributed by atoms with Gasteiger partial charge >= 0.3 is 170 Å². The van der Waals surface area contributed by atoms with Gasteiger partial charge in [-0.05, 0) is 0 Å². The first-order chi connectivity index (χ1) is 13.4. The second-order valence-corrected chi connectivity index (χ2v) is 20.8. The average molecular weight is 400 g/mol. The van der Waals surface area contributed by atoms with Crippen molar-refractivity contribution in [2.75, 3.05) is 0 Å². The molecule has 1 heteroatoms. The molecule has 2 aliphatic carbocycles. The van der Waals surface area contributed by atoms with Crippen molar-refractivity contribution in [1.29, 1.82) is 0 Å². The molecule has 28 heavy (non-hydrogen) atoms. The van der Waals surface area contributed by atoms with Crippen molar-refractivity contribution in [3.05, 3.63) is 95.1 Å². The molecule has 0 bridgehead atoms. The van der Waals surface area contributed by atoms with Gasteiger partial charge in [0.05, 0.1) is 0 Å². The zero-order valence-corrected chi connectivity index (χ0v) is 18.9. The van der Waals surface area contributed by atoms with Crippen molar-refractivity contribution in [2.45, 2.75) is 34.9 Å². The first-order valence-electron chi connectivity index (χ1n) is 10.4. The zero-order valence-electron chi connectivity index (χ0n) is 17.3. The number of allylic oxidation sites excluding steroid dienone is 1. The molecule has 1 atom stereocenters. The SMILES string of the molecule is C[C](C)=[Ti]([CH3])([CH3])([c]1cccc2c1Cc1ccccc1-2)[CH]1C=Cc2ccccc21. The molecular formula is C27H28Ti. The Morgan fingerprint density at radius 2 is 1.54 bits per heavy atom. The van der Waals surface area contributed by atoms with Crippen LogP contribution in [0.5, 0.6) is 0 Å². The number of rotatable bonds is 2. The van der Waals surface area contributed by atoms with Crippen LogP contribution in [0.4, 0.5) is 0 Å². The molecule has 0 amide bonds. The Balaban J connectivity index is 1.81. The molecular weight excluding hydrogens is 372 g/mol. The molecule has 140 valence electrons. The van der Waals surface area contributed by atoms with Gasteiger partial charge in [-0.25, -0.2) is 0 Å². The third-order valence-corrected chi connectivity index (χ3v) is 19.8. The summed E-state index contributed by atoms with van der Waals surface area (Å²) >= 11 is -3.28. The fourth-order valence-corrected chi connectivity index (χ4v) is 13.6. The van der Waals surface area contributed by atoms with Crippen molar-refractivity contribution < 1.29 is 14.8 Å². The third kappa shape index (κ3) is 2.25. The van der Waals surface area contributed by atoms with Gasteiger partial charge in [0, 0.05) is 0 Å². The molecule has 0 aliphatic heterocycles. The number of fused-ring (bicyclic) bond motifs is 4. The summed E-state index contributed by atoms with van der Waals surface area (Å²) in [7, 11) is 0. The quantitative estimate of drug-likeness (QED) is 0.331. The molecule has 5 rings (SSSR count). The first-order valence-corrected chi connectivity index (χ1v) is 16.0. The van der Waals surface area contributed by atoms with Gasteiger partial charge in [-0.1, -0.05) is 0 Å². The molecule has 0 heterocycles. The second-order valence-electron chi connectivity index (χ2n) is 9.62. The fourth-order valence-electron chi connectivity index (χ4n) is 5.63. The topological polar surface area (TPSA) is 0 Å². The standard InChI is InChI=1S/C13H9.C9H7.C3H6.2CH3.Ti/c1-3-7-12-10(5-1)9-11-6-2-4-8-13(11)12;1-2-5-9-7-3-6-8(9)4-1;1-3-2;;;/h1-5,7-8H,9H2;1-7H;1-2H3;2*1H3;. The van der Waals surface area contributed by atoms with Gasteiger partial charge in [0.25, 0.3) is 0 Å². The predicted molar refractivity (Wildman–Crippen MR) is 121 cm³/mol. The summed E-state index contributed by atoms with van der Waals surface area (Å²) in [5.74, 6) is 0. The molecule has 0 nitrogen and oxygen atoms in total. The monoisotopic (exact) mass is 400 g/mol. The van der Waals surface area contributed by atoms with Crippen molar-refractivity contribution in [1.82, 2.24) is 0 Å². The second kappa shape index (κ2) is 5.99. The minimum atomic E-state index is -3.28. The molecule has 0 N–H and O–H groups in total. The summed E-state index contributed by atoms with van der Waals surface area (Å²) in [4.78, 5) is 0. The normalized spacial score (nSPS) is 17.2. The first kappa shape index (κ1) is 18.0. The van der Waals surface area contributed by atoms with E-state index in [1.165, 1.54) is 27.8 Å². The van der Waals surface area contributed by atoms with E-state index in [4.69, 9.17) is 0 Å². The van der Waals surface area contributed by atoms with Crippen LogP contribution in [-0.2, 0) is 21.3 Å². The summed E-state index contributed by atoms with van der Waals surface area (Å²) < 4.78 is 3.83. The number of hydrogen-bond acceptors (Lipinski definition) is 0. The molecule has 0 saturated carbocycles. The Morgan fingerprint density at radius 1 is 0.821 bits per heavy atom. The van der Waals surface area contributed by atoms with E-state index in [1.54, 1.807) is 13.2 Å². The van der Waals surface area contributed by atoms with E-state index in [0.717, 1.165) is 6.42 Å². The molecule has 2 aliphatic rings. The van der Waals surface area contributed by atoms with E-state index in [9.17, 15) is 0 Å². The maximum atomic E-state index is 2.66. The maximum absolute atomic E-state index is 3.28. The molecule has 0 fully saturated rings. The summed E-state index contributed by atoms with van der Waals surface area (Å²) in [5.41, 5.74) is 8.90. The fraction of sp³-hybridized carbons (Fsp3) is 0.222. The summed E-state index contributed by atoms with van der Waals surface area (Å²) in [6.45, 7) is 4.79. The van der Waals surface area contributed by atoms with Crippen LogP contribution in [-0.4, -0.2) is 3.81 Å². The van der Waals surface area contributed by atoms with E-state index in [-0.39, 0.29) is 0 Å². The van der Waals surface area contributed by atoms with E-state index in [2.05, 4.69) is 103 Å². The van der Waals surface area contributed by atoms with Crippen LogP contribution in [0.2, 0.25) is 10.5 Å². The van der Waals surface area contributed by atoms with Crippen molar-refractivity contribution in [3.8, 4) is 11.1 Å². The van der Waals surface area contributed by atoms with Crippen molar-refractivity contribution in [2.24, 2.45) is 0 Å². The van der Waals surface area contributed by atoms with Gasteiger partial charge in [-0.3, -0.25) is 0 Å². The van der Waals surface area contributed by atoms with Gasteiger partial charge in [0.2, 0.25) is 0 Å².